The maximum Gasteiger partial charge on any atom is 0.229 e. The second-order valence-electron chi connectivity index (χ2n) is 11.5. The lowest BCUT2D eigenvalue weighted by Crippen LogP contribution is -2.60. The van der Waals surface area contributed by atoms with E-state index in [1.54, 1.807) is 12.1 Å². The summed E-state index contributed by atoms with van der Waals surface area (Å²) in [6, 6.07) is 11.0. The van der Waals surface area contributed by atoms with Crippen molar-refractivity contribution in [3.05, 3.63) is 69.9 Å². The van der Waals surface area contributed by atoms with Gasteiger partial charge in [-0.1, -0.05) is 6.07 Å². The molecule has 15 nitrogen and oxygen atoms in total. The van der Waals surface area contributed by atoms with Gasteiger partial charge in [-0.15, -0.1) is 0 Å². The number of aromatic hydroxyl groups is 2. The molecule has 0 bridgehead atoms. The molecule has 0 spiro atoms. The van der Waals surface area contributed by atoms with Crippen LogP contribution in [0.5, 0.6) is 34.5 Å². The Morgan fingerprint density at radius 1 is 0.816 bits per heavy atom. The molecule has 1 saturated heterocycles. The number of phenols is 2. The zero-order chi connectivity index (χ0) is 35.6. The fourth-order valence-corrected chi connectivity index (χ4v) is 5.77. The molecule has 0 aliphatic carbocycles. The van der Waals surface area contributed by atoms with Crippen LogP contribution in [-0.4, -0.2) is 106 Å². The maximum absolute atomic E-state index is 13.2. The average molecular weight is 687 g/mol. The minimum Gasteiger partial charge on any atom is -0.507 e. The summed E-state index contributed by atoms with van der Waals surface area (Å²) in [6.45, 7) is -1.10. The van der Waals surface area contributed by atoms with Crippen LogP contribution in [-0.2, 0) is 11.2 Å². The van der Waals surface area contributed by atoms with Gasteiger partial charge >= 0.3 is 0 Å². The molecule has 0 saturated carbocycles. The van der Waals surface area contributed by atoms with Gasteiger partial charge < -0.3 is 69.0 Å². The van der Waals surface area contributed by atoms with E-state index < -0.39 is 67.1 Å². The van der Waals surface area contributed by atoms with Crippen molar-refractivity contribution >= 4 is 11.0 Å². The van der Waals surface area contributed by atoms with Crippen molar-refractivity contribution in [1.82, 2.24) is 0 Å². The highest BCUT2D eigenvalue weighted by atomic mass is 16.7. The number of rotatable bonds is 12. The Kier molecular flexibility index (Phi) is 10.8. The van der Waals surface area contributed by atoms with Crippen LogP contribution >= 0.6 is 0 Å². The summed E-state index contributed by atoms with van der Waals surface area (Å²) in [7, 11) is 4.20. The molecule has 4 aromatic rings. The van der Waals surface area contributed by atoms with Gasteiger partial charge in [-0.2, -0.15) is 0 Å². The molecule has 1 fully saturated rings. The van der Waals surface area contributed by atoms with Crippen LogP contribution in [0.25, 0.3) is 22.3 Å². The summed E-state index contributed by atoms with van der Waals surface area (Å²) in [5, 5.41) is 81.8. The first-order chi connectivity index (χ1) is 23.4. The summed E-state index contributed by atoms with van der Waals surface area (Å²) in [4.78, 5) is 13.2. The monoisotopic (exact) mass is 686 g/mol. The quantitative estimate of drug-likeness (QED) is 0.104. The second-order valence-corrected chi connectivity index (χ2v) is 11.5. The minimum atomic E-state index is -1.72. The van der Waals surface area contributed by atoms with Crippen LogP contribution in [0.2, 0.25) is 0 Å². The van der Waals surface area contributed by atoms with E-state index in [2.05, 4.69) is 0 Å². The SMILES string of the molecule is COc1cc(C(O)[C@@H](CO)Cc2c(OC)cc(-c3cc(=O)c4c(O)cc(O[C@@H]5OC(CO)[C@@H](O)[C@H](O)C5O)cc4o3)cc2OC)ccc1O. The van der Waals surface area contributed by atoms with Gasteiger partial charge in [0.2, 0.25) is 6.29 Å². The Morgan fingerprint density at radius 2 is 1.49 bits per heavy atom. The van der Waals surface area contributed by atoms with Gasteiger partial charge in [0.1, 0.15) is 64.1 Å². The third-order valence-electron chi connectivity index (χ3n) is 8.47. The Hall–Kier alpha value is -4.61. The van der Waals surface area contributed by atoms with Crippen molar-refractivity contribution in [3.63, 3.8) is 0 Å². The van der Waals surface area contributed by atoms with E-state index in [1.165, 1.54) is 45.6 Å². The van der Waals surface area contributed by atoms with E-state index in [0.29, 0.717) is 16.7 Å². The number of ether oxygens (including phenoxy) is 5. The Balaban J connectivity index is 1.48. The van der Waals surface area contributed by atoms with Gasteiger partial charge in [-0.3, -0.25) is 4.79 Å². The fourth-order valence-electron chi connectivity index (χ4n) is 5.77. The van der Waals surface area contributed by atoms with E-state index in [0.717, 1.165) is 12.1 Å². The average Bonchev–Trinajstić information content (AvgIpc) is 3.10. The second kappa shape index (κ2) is 14.9. The molecule has 264 valence electrons. The summed E-state index contributed by atoms with van der Waals surface area (Å²) >= 11 is 0. The van der Waals surface area contributed by atoms with Crippen LogP contribution in [0, 0.1) is 5.92 Å². The predicted molar refractivity (Wildman–Crippen MR) is 171 cm³/mol. The van der Waals surface area contributed by atoms with Crippen LogP contribution in [0.3, 0.4) is 0 Å². The smallest absolute Gasteiger partial charge is 0.229 e. The number of hydrogen-bond acceptors (Lipinski definition) is 15. The normalized spacial score (nSPS) is 22.0. The highest BCUT2D eigenvalue weighted by Crippen LogP contribution is 2.40. The van der Waals surface area contributed by atoms with Crippen molar-refractivity contribution in [2.45, 2.75) is 43.2 Å². The molecule has 0 radical (unpaired) electrons. The fraction of sp³-hybridized carbons (Fsp3) is 0.382. The molecule has 49 heavy (non-hydrogen) atoms. The van der Waals surface area contributed by atoms with Gasteiger partial charge in [0.25, 0.3) is 0 Å². The minimum absolute atomic E-state index is 0.0416. The Morgan fingerprint density at radius 3 is 2.10 bits per heavy atom. The topological polar surface area (TPSA) is 238 Å². The summed E-state index contributed by atoms with van der Waals surface area (Å²) in [6.07, 6.45) is -8.89. The standard InChI is InChI=1S/C34H38O15/c1-44-24-8-16(9-25(45-2)19(24)6-17(13-35)30(40)15-4-5-20(37)26(7-15)46-3)23-12-22(39)29-21(38)10-18(11-27(29)48-23)47-34-33(43)32(42)31(41)28(14-36)49-34/h4-5,7-12,17,28,30-38,40-43H,6,13-14H2,1-3H3/t17-,28?,30?,31-,32+,33?,34-/m1/s1. The van der Waals surface area contributed by atoms with Crippen LogP contribution < -0.4 is 24.4 Å². The molecule has 1 aliphatic heterocycles. The number of hydrogen-bond donors (Lipinski definition) is 8. The van der Waals surface area contributed by atoms with Crippen LogP contribution in [0.15, 0.2) is 57.7 Å². The van der Waals surface area contributed by atoms with Crippen LogP contribution in [0.1, 0.15) is 17.2 Å². The van der Waals surface area contributed by atoms with Gasteiger partial charge in [-0.05, 0) is 36.2 Å². The first kappa shape index (κ1) is 35.7. The molecule has 5 rings (SSSR count). The lowest BCUT2D eigenvalue weighted by Gasteiger charge is -2.39. The highest BCUT2D eigenvalue weighted by Gasteiger charge is 2.44. The van der Waals surface area contributed by atoms with Crippen molar-refractivity contribution in [1.29, 1.82) is 0 Å². The molecule has 3 aromatic carbocycles. The molecule has 3 unspecified atom stereocenters. The molecule has 7 atom stereocenters. The van der Waals surface area contributed by atoms with E-state index >= 15 is 0 Å². The molecule has 8 N–H and O–H groups in total. The summed E-state index contributed by atoms with van der Waals surface area (Å²) < 4.78 is 33.5. The van der Waals surface area contributed by atoms with E-state index in [9.17, 15) is 45.6 Å². The van der Waals surface area contributed by atoms with Gasteiger partial charge in [0.15, 0.2) is 16.9 Å². The van der Waals surface area contributed by atoms with E-state index in [1.807, 2.05) is 0 Å². The third-order valence-corrected chi connectivity index (χ3v) is 8.47. The number of phenolic OH excluding ortho intramolecular Hbond substituents is 2. The van der Waals surface area contributed by atoms with E-state index in [-0.39, 0.29) is 51.9 Å². The van der Waals surface area contributed by atoms with Crippen molar-refractivity contribution in [3.8, 4) is 45.8 Å². The first-order valence-corrected chi connectivity index (χ1v) is 15.1. The highest BCUT2D eigenvalue weighted by molar-refractivity contribution is 5.86. The molecule has 15 heteroatoms. The number of benzene rings is 3. The Bertz CT molecular complexity index is 1810. The third kappa shape index (κ3) is 7.09. The number of aliphatic hydroxyl groups is 6. The molecular weight excluding hydrogens is 648 g/mol. The maximum atomic E-state index is 13.2. The van der Waals surface area contributed by atoms with Crippen molar-refractivity contribution < 1.29 is 69.0 Å². The summed E-state index contributed by atoms with van der Waals surface area (Å²) in [5.41, 5.74) is 0.508. The molecular formula is C34H38O15. The number of aliphatic hydroxyl groups excluding tert-OH is 6. The van der Waals surface area contributed by atoms with Gasteiger partial charge in [-0.25, -0.2) is 0 Å². The largest absolute Gasteiger partial charge is 0.507 e. The summed E-state index contributed by atoms with van der Waals surface area (Å²) in [5.74, 6) is -0.715. The zero-order valence-corrected chi connectivity index (χ0v) is 26.7. The number of fused-ring (bicyclic) bond motifs is 1. The molecule has 1 aromatic heterocycles. The van der Waals surface area contributed by atoms with E-state index in [4.69, 9.17) is 28.1 Å². The zero-order valence-electron chi connectivity index (χ0n) is 26.7. The Labute approximate surface area is 279 Å². The molecule has 2 heterocycles. The van der Waals surface area contributed by atoms with Crippen molar-refractivity contribution in [2.24, 2.45) is 5.92 Å². The van der Waals surface area contributed by atoms with Crippen molar-refractivity contribution in [2.75, 3.05) is 34.5 Å². The van der Waals surface area contributed by atoms with Gasteiger partial charge in [0.05, 0.1) is 34.0 Å². The molecule has 0 amide bonds. The predicted octanol–water partition coefficient (Wildman–Crippen LogP) is 0.960. The number of methoxy groups -OCH3 is 3. The lowest BCUT2D eigenvalue weighted by molar-refractivity contribution is -0.277. The van der Waals surface area contributed by atoms with Crippen LogP contribution in [0.4, 0.5) is 0 Å². The lowest BCUT2D eigenvalue weighted by atomic mass is 9.89. The molecule has 1 aliphatic rings. The van der Waals surface area contributed by atoms with Gasteiger partial charge in [0, 0.05) is 41.9 Å². The first-order valence-electron chi connectivity index (χ1n) is 15.1.